The van der Waals surface area contributed by atoms with E-state index in [0.717, 1.165) is 22.7 Å². The van der Waals surface area contributed by atoms with Crippen molar-refractivity contribution >= 4 is 11.3 Å². The molecule has 0 aliphatic rings. The summed E-state index contributed by atoms with van der Waals surface area (Å²) in [5, 5.41) is 3.15. The Labute approximate surface area is 124 Å². The van der Waals surface area contributed by atoms with Gasteiger partial charge in [0.25, 0.3) is 0 Å². The predicted octanol–water partition coefficient (Wildman–Crippen LogP) is 3.50. The number of ether oxygens (including phenoxy) is 1. The first-order valence-electron chi connectivity index (χ1n) is 6.83. The monoisotopic (exact) mass is 290 g/mol. The Balaban J connectivity index is 1.93. The topological polar surface area (TPSA) is 48.1 Å². The molecule has 2 aromatic rings. The molecule has 0 spiro atoms. The minimum Gasteiger partial charge on any atom is -0.374 e. The normalized spacial score (nSPS) is 13.4. The van der Waals surface area contributed by atoms with E-state index >= 15 is 0 Å². The van der Waals surface area contributed by atoms with E-state index in [1.54, 1.807) is 11.3 Å². The maximum absolute atomic E-state index is 6.10. The smallest absolute Gasteiger partial charge is 0.0948 e. The fourth-order valence-corrected chi connectivity index (χ4v) is 2.68. The maximum atomic E-state index is 6.10. The van der Waals surface area contributed by atoms with Crippen molar-refractivity contribution in [2.45, 2.75) is 38.8 Å². The first-order chi connectivity index (χ1) is 9.44. The minimum absolute atomic E-state index is 0.0102. The van der Waals surface area contributed by atoms with Crippen LogP contribution in [0.3, 0.4) is 0 Å². The van der Waals surface area contributed by atoms with Gasteiger partial charge in [0.1, 0.15) is 0 Å². The van der Waals surface area contributed by atoms with Crippen molar-refractivity contribution in [3.63, 3.8) is 0 Å². The molecular formula is C16H22N2OS. The lowest BCUT2D eigenvalue weighted by atomic mass is 10.1. The summed E-state index contributed by atoms with van der Waals surface area (Å²) in [4.78, 5) is 4.65. The quantitative estimate of drug-likeness (QED) is 0.917. The van der Waals surface area contributed by atoms with E-state index < -0.39 is 0 Å². The molecule has 1 atom stereocenters. The Kier molecular flexibility index (Phi) is 4.91. The number of thiazole rings is 1. The lowest BCUT2D eigenvalue weighted by molar-refractivity contribution is -0.00983. The van der Waals surface area contributed by atoms with Crippen molar-refractivity contribution < 1.29 is 4.74 Å². The molecular weight excluding hydrogens is 268 g/mol. The van der Waals surface area contributed by atoms with Gasteiger partial charge in [-0.15, -0.1) is 11.3 Å². The fraction of sp³-hybridized carbons (Fsp3) is 0.438. The molecule has 0 saturated carbocycles. The predicted molar refractivity (Wildman–Crippen MR) is 84.9 cm³/mol. The van der Waals surface area contributed by atoms with E-state index in [-0.39, 0.29) is 11.6 Å². The molecule has 108 valence electrons. The van der Waals surface area contributed by atoms with Gasteiger partial charge in [0.2, 0.25) is 0 Å². The van der Waals surface area contributed by atoms with Gasteiger partial charge < -0.3 is 10.5 Å². The zero-order valence-electron chi connectivity index (χ0n) is 12.3. The molecule has 1 aromatic heterocycles. The number of hydrogen-bond donors (Lipinski definition) is 1. The van der Waals surface area contributed by atoms with Crippen molar-refractivity contribution in [1.29, 1.82) is 0 Å². The Morgan fingerprint density at radius 3 is 2.60 bits per heavy atom. The summed E-state index contributed by atoms with van der Waals surface area (Å²) in [6, 6.07) is 10.2. The van der Waals surface area contributed by atoms with Crippen LogP contribution in [0.4, 0.5) is 0 Å². The van der Waals surface area contributed by atoms with Gasteiger partial charge in [-0.1, -0.05) is 30.3 Å². The van der Waals surface area contributed by atoms with Gasteiger partial charge in [-0.05, 0) is 20.8 Å². The number of benzene rings is 1. The summed E-state index contributed by atoms with van der Waals surface area (Å²) in [5.74, 6) is 0. The summed E-state index contributed by atoms with van der Waals surface area (Å²) in [6.07, 6.45) is 0.758. The van der Waals surface area contributed by atoms with Crippen LogP contribution in [0.5, 0.6) is 0 Å². The highest BCUT2D eigenvalue weighted by Crippen LogP contribution is 2.22. The second-order valence-electron chi connectivity index (χ2n) is 5.88. The first kappa shape index (κ1) is 15.2. The minimum atomic E-state index is -0.143. The third-order valence-corrected chi connectivity index (χ3v) is 3.66. The molecule has 4 heteroatoms. The van der Waals surface area contributed by atoms with Crippen LogP contribution in [0.1, 0.15) is 25.8 Å². The van der Waals surface area contributed by atoms with Crippen LogP contribution in [0.15, 0.2) is 35.7 Å². The molecule has 1 unspecified atom stereocenters. The van der Waals surface area contributed by atoms with Gasteiger partial charge >= 0.3 is 0 Å². The SMILES string of the molecule is CC(C)(C)OCC(N)Cc1nc(-c2ccccc2)cs1. The highest BCUT2D eigenvalue weighted by Gasteiger charge is 2.14. The number of hydrogen-bond acceptors (Lipinski definition) is 4. The molecule has 0 aliphatic carbocycles. The second-order valence-corrected chi connectivity index (χ2v) is 6.82. The molecule has 0 amide bonds. The largest absolute Gasteiger partial charge is 0.374 e. The van der Waals surface area contributed by atoms with Gasteiger partial charge in [-0.3, -0.25) is 0 Å². The molecule has 2 N–H and O–H groups in total. The van der Waals surface area contributed by atoms with Gasteiger partial charge in [-0.2, -0.15) is 0 Å². The second kappa shape index (κ2) is 6.48. The lowest BCUT2D eigenvalue weighted by Crippen LogP contribution is -2.33. The maximum Gasteiger partial charge on any atom is 0.0948 e. The van der Waals surface area contributed by atoms with Crippen LogP contribution < -0.4 is 5.73 Å². The number of aromatic nitrogens is 1. The van der Waals surface area contributed by atoms with E-state index in [0.29, 0.717) is 6.61 Å². The van der Waals surface area contributed by atoms with Crippen molar-refractivity contribution in [3.05, 3.63) is 40.7 Å². The van der Waals surface area contributed by atoms with Gasteiger partial charge in [0, 0.05) is 23.4 Å². The van der Waals surface area contributed by atoms with Crippen LogP contribution in [-0.2, 0) is 11.2 Å². The zero-order chi connectivity index (χ0) is 14.6. The molecule has 3 nitrogen and oxygen atoms in total. The van der Waals surface area contributed by atoms with Crippen LogP contribution in [0, 0.1) is 0 Å². The third kappa shape index (κ3) is 4.71. The molecule has 1 aromatic carbocycles. The van der Waals surface area contributed by atoms with Gasteiger partial charge in [0.15, 0.2) is 0 Å². The number of rotatable bonds is 5. The zero-order valence-corrected chi connectivity index (χ0v) is 13.1. The highest BCUT2D eigenvalue weighted by atomic mass is 32.1. The van der Waals surface area contributed by atoms with E-state index in [2.05, 4.69) is 22.5 Å². The van der Waals surface area contributed by atoms with Crippen molar-refractivity contribution in [1.82, 2.24) is 4.98 Å². The third-order valence-electron chi connectivity index (χ3n) is 2.79. The molecule has 2 rings (SSSR count). The molecule has 0 bridgehead atoms. The Bertz CT molecular complexity index is 531. The standard InChI is InChI=1S/C16H22N2OS/c1-16(2,3)19-10-13(17)9-15-18-14(11-20-15)12-7-5-4-6-8-12/h4-8,11,13H,9-10,17H2,1-3H3. The van der Waals surface area contributed by atoms with Crippen LogP contribution in [-0.4, -0.2) is 23.2 Å². The highest BCUT2D eigenvalue weighted by molar-refractivity contribution is 7.09. The fourth-order valence-electron chi connectivity index (χ4n) is 1.79. The number of nitrogens with zero attached hydrogens (tertiary/aromatic N) is 1. The van der Waals surface area contributed by atoms with E-state index in [1.165, 1.54) is 0 Å². The van der Waals surface area contributed by atoms with Crippen LogP contribution in [0.2, 0.25) is 0 Å². The van der Waals surface area contributed by atoms with Crippen molar-refractivity contribution in [2.24, 2.45) is 5.73 Å². The van der Waals surface area contributed by atoms with Crippen LogP contribution in [0.25, 0.3) is 11.3 Å². The van der Waals surface area contributed by atoms with Gasteiger partial charge in [0.05, 0.1) is 22.9 Å². The summed E-state index contributed by atoms with van der Waals surface area (Å²) in [7, 11) is 0. The van der Waals surface area contributed by atoms with Gasteiger partial charge in [-0.25, -0.2) is 4.98 Å². The molecule has 0 radical (unpaired) electrons. The van der Waals surface area contributed by atoms with Crippen molar-refractivity contribution in [3.8, 4) is 11.3 Å². The molecule has 0 aliphatic heterocycles. The van der Waals surface area contributed by atoms with Crippen LogP contribution >= 0.6 is 11.3 Å². The summed E-state index contributed by atoms with van der Waals surface area (Å²) in [6.45, 7) is 6.67. The lowest BCUT2D eigenvalue weighted by Gasteiger charge is -2.22. The molecule has 0 saturated heterocycles. The summed E-state index contributed by atoms with van der Waals surface area (Å²) < 4.78 is 5.71. The first-order valence-corrected chi connectivity index (χ1v) is 7.71. The Morgan fingerprint density at radius 2 is 1.95 bits per heavy atom. The Hall–Kier alpha value is -1.23. The van der Waals surface area contributed by atoms with Crippen molar-refractivity contribution in [2.75, 3.05) is 6.61 Å². The molecule has 20 heavy (non-hydrogen) atoms. The molecule has 0 fully saturated rings. The summed E-state index contributed by atoms with van der Waals surface area (Å²) in [5.41, 5.74) is 8.13. The average molecular weight is 290 g/mol. The van der Waals surface area contributed by atoms with E-state index in [1.807, 2.05) is 39.0 Å². The Morgan fingerprint density at radius 1 is 1.25 bits per heavy atom. The van der Waals surface area contributed by atoms with E-state index in [4.69, 9.17) is 10.5 Å². The summed E-state index contributed by atoms with van der Waals surface area (Å²) >= 11 is 1.66. The number of nitrogens with two attached hydrogens (primary N) is 1. The average Bonchev–Trinajstić information content (AvgIpc) is 2.85. The molecule has 1 heterocycles. The van der Waals surface area contributed by atoms with E-state index in [9.17, 15) is 0 Å².